The van der Waals surface area contributed by atoms with E-state index in [1.807, 2.05) is 35.3 Å². The molecular formula is C21H14N4O5S. The fourth-order valence-corrected chi connectivity index (χ4v) is 3.18. The van der Waals surface area contributed by atoms with Crippen LogP contribution in [-0.2, 0) is 9.59 Å². The smallest absolute Gasteiger partial charge is 0.326 e. The van der Waals surface area contributed by atoms with Crippen LogP contribution < -0.4 is 26.2 Å². The van der Waals surface area contributed by atoms with Gasteiger partial charge in [0.1, 0.15) is 17.1 Å². The minimum Gasteiger partial charge on any atom is -0.457 e. The summed E-state index contributed by atoms with van der Waals surface area (Å²) in [6.45, 7) is 0. The third-order valence-electron chi connectivity index (χ3n) is 4.26. The summed E-state index contributed by atoms with van der Waals surface area (Å²) in [6.07, 6.45) is 1.12. The Labute approximate surface area is 180 Å². The van der Waals surface area contributed by atoms with Crippen LogP contribution in [0.5, 0.6) is 11.5 Å². The molecule has 2 aromatic carbocycles. The molecule has 0 aliphatic carbocycles. The van der Waals surface area contributed by atoms with E-state index < -0.39 is 23.1 Å². The third-order valence-corrected chi connectivity index (χ3v) is 4.54. The standard InChI is InChI=1S/C21H14N4O5S/c26-17-11-12(22-20(29)23-17)10-16-18(27)24-21(31)25(19(16)28)13-6-8-15(9-7-13)30-14-4-2-1-3-5-14/h1-11H,(H,24,27,31)(H2,22,23,26,29)/b16-10+. The van der Waals surface area contributed by atoms with Gasteiger partial charge in [0.15, 0.2) is 5.11 Å². The Hall–Kier alpha value is -4.31. The van der Waals surface area contributed by atoms with Gasteiger partial charge < -0.3 is 9.72 Å². The van der Waals surface area contributed by atoms with Crippen molar-refractivity contribution in [3.05, 3.63) is 92.8 Å². The van der Waals surface area contributed by atoms with E-state index in [9.17, 15) is 19.2 Å². The van der Waals surface area contributed by atoms with Crippen LogP contribution >= 0.6 is 12.2 Å². The first kappa shape index (κ1) is 20.0. The molecule has 2 heterocycles. The van der Waals surface area contributed by atoms with Crippen LogP contribution in [0, 0.1) is 0 Å². The highest BCUT2D eigenvalue weighted by Gasteiger charge is 2.34. The Morgan fingerprint density at radius 1 is 0.871 bits per heavy atom. The minimum absolute atomic E-state index is 0.00614. The first-order valence-corrected chi connectivity index (χ1v) is 9.39. The molecule has 0 radical (unpaired) electrons. The average molecular weight is 434 g/mol. The maximum atomic E-state index is 13.0. The number of benzene rings is 2. The number of hydrogen-bond acceptors (Lipinski definition) is 6. The fraction of sp³-hybridized carbons (Fsp3) is 0. The number of rotatable bonds is 4. The van der Waals surface area contributed by atoms with Crippen molar-refractivity contribution in [2.45, 2.75) is 0 Å². The molecule has 9 nitrogen and oxygen atoms in total. The van der Waals surface area contributed by atoms with Crippen LogP contribution in [0.4, 0.5) is 5.69 Å². The van der Waals surface area contributed by atoms with Crippen molar-refractivity contribution in [3.63, 3.8) is 0 Å². The Kier molecular flexibility index (Phi) is 5.29. The van der Waals surface area contributed by atoms with E-state index in [0.717, 1.165) is 17.0 Å². The molecule has 0 spiro atoms. The van der Waals surface area contributed by atoms with Gasteiger partial charge in [-0.2, -0.15) is 0 Å². The van der Waals surface area contributed by atoms with Gasteiger partial charge >= 0.3 is 5.69 Å². The van der Waals surface area contributed by atoms with Crippen molar-refractivity contribution in [3.8, 4) is 11.5 Å². The summed E-state index contributed by atoms with van der Waals surface area (Å²) in [7, 11) is 0. The number of nitrogens with zero attached hydrogens (tertiary/aromatic N) is 1. The van der Waals surface area contributed by atoms with E-state index >= 15 is 0 Å². The normalized spacial score (nSPS) is 15.2. The van der Waals surface area contributed by atoms with Crippen molar-refractivity contribution < 1.29 is 14.3 Å². The summed E-state index contributed by atoms with van der Waals surface area (Å²) in [5.41, 5.74) is -1.31. The number of aromatic nitrogens is 2. The van der Waals surface area contributed by atoms with Crippen molar-refractivity contribution in [2.24, 2.45) is 0 Å². The van der Waals surface area contributed by atoms with Crippen molar-refractivity contribution in [1.29, 1.82) is 0 Å². The van der Waals surface area contributed by atoms with Gasteiger partial charge in [0.25, 0.3) is 17.4 Å². The SMILES string of the molecule is O=C1NC(=S)N(c2ccc(Oc3ccccc3)cc2)C(=O)/C1=C/c1cc(=O)[nH]c(=O)[nH]1. The molecule has 1 aliphatic heterocycles. The summed E-state index contributed by atoms with van der Waals surface area (Å²) >= 11 is 5.16. The largest absolute Gasteiger partial charge is 0.457 e. The van der Waals surface area contributed by atoms with E-state index in [2.05, 4.69) is 10.3 Å². The Morgan fingerprint density at radius 3 is 2.23 bits per heavy atom. The summed E-state index contributed by atoms with van der Waals surface area (Å²) < 4.78 is 5.73. The number of thiocarbonyl (C=S) groups is 1. The molecule has 31 heavy (non-hydrogen) atoms. The molecule has 0 saturated carbocycles. The molecule has 0 atom stereocenters. The zero-order chi connectivity index (χ0) is 22.0. The zero-order valence-electron chi connectivity index (χ0n) is 15.7. The number of para-hydroxylation sites is 1. The number of ether oxygens (including phenoxy) is 1. The molecule has 2 amide bonds. The quantitative estimate of drug-likeness (QED) is 0.326. The summed E-state index contributed by atoms with van der Waals surface area (Å²) in [5, 5.41) is 2.34. The average Bonchev–Trinajstić information content (AvgIpc) is 2.72. The van der Waals surface area contributed by atoms with E-state index in [1.54, 1.807) is 24.3 Å². The topological polar surface area (TPSA) is 124 Å². The molecule has 1 fully saturated rings. The maximum Gasteiger partial charge on any atom is 0.326 e. The predicted octanol–water partition coefficient (Wildman–Crippen LogP) is 1.69. The highest BCUT2D eigenvalue weighted by Crippen LogP contribution is 2.26. The van der Waals surface area contributed by atoms with Gasteiger partial charge in [-0.15, -0.1) is 0 Å². The van der Waals surface area contributed by atoms with E-state index in [4.69, 9.17) is 17.0 Å². The van der Waals surface area contributed by atoms with Gasteiger partial charge in [0.2, 0.25) is 0 Å². The molecule has 1 aromatic heterocycles. The second-order valence-electron chi connectivity index (χ2n) is 6.41. The molecule has 154 valence electrons. The lowest BCUT2D eigenvalue weighted by Gasteiger charge is -2.29. The van der Waals surface area contributed by atoms with Gasteiger partial charge in [-0.25, -0.2) is 4.79 Å². The first-order chi connectivity index (χ1) is 14.9. The second-order valence-corrected chi connectivity index (χ2v) is 6.80. The fourth-order valence-electron chi connectivity index (χ4n) is 2.90. The van der Waals surface area contributed by atoms with E-state index in [0.29, 0.717) is 17.2 Å². The van der Waals surface area contributed by atoms with Gasteiger partial charge in [-0.3, -0.25) is 29.6 Å². The van der Waals surface area contributed by atoms with Gasteiger partial charge in [-0.1, -0.05) is 18.2 Å². The van der Waals surface area contributed by atoms with Gasteiger partial charge in [0, 0.05) is 11.8 Å². The van der Waals surface area contributed by atoms with Crippen LogP contribution in [0.25, 0.3) is 6.08 Å². The summed E-state index contributed by atoms with van der Waals surface area (Å²) in [4.78, 5) is 53.7. The number of amides is 2. The zero-order valence-corrected chi connectivity index (χ0v) is 16.6. The van der Waals surface area contributed by atoms with Crippen molar-refractivity contribution in [2.75, 3.05) is 4.90 Å². The number of aromatic amines is 2. The molecule has 10 heteroatoms. The van der Waals surface area contributed by atoms with Crippen LogP contribution in [0.1, 0.15) is 5.69 Å². The molecule has 1 aliphatic rings. The first-order valence-electron chi connectivity index (χ1n) is 8.99. The lowest BCUT2D eigenvalue weighted by molar-refractivity contribution is -0.122. The van der Waals surface area contributed by atoms with E-state index in [-0.39, 0.29) is 16.4 Å². The summed E-state index contributed by atoms with van der Waals surface area (Å²) in [5.74, 6) is -0.238. The lowest BCUT2D eigenvalue weighted by Crippen LogP contribution is -2.54. The van der Waals surface area contributed by atoms with Crippen molar-refractivity contribution in [1.82, 2.24) is 15.3 Å². The number of carbonyl (C=O) groups is 2. The van der Waals surface area contributed by atoms with Gasteiger partial charge in [-0.05, 0) is 54.7 Å². The monoisotopic (exact) mass is 434 g/mol. The predicted molar refractivity (Wildman–Crippen MR) is 117 cm³/mol. The number of hydrogen-bond donors (Lipinski definition) is 3. The highest BCUT2D eigenvalue weighted by atomic mass is 32.1. The second kappa shape index (κ2) is 8.20. The van der Waals surface area contributed by atoms with Crippen LogP contribution in [0.15, 0.2) is 75.8 Å². The molecule has 3 aromatic rings. The maximum absolute atomic E-state index is 13.0. The number of nitrogens with one attached hydrogen (secondary N) is 3. The number of anilines is 1. The van der Waals surface area contributed by atoms with Crippen LogP contribution in [0.2, 0.25) is 0 Å². The summed E-state index contributed by atoms with van der Waals surface area (Å²) in [6, 6.07) is 16.8. The molecule has 0 bridgehead atoms. The molecular weight excluding hydrogens is 420 g/mol. The Morgan fingerprint density at radius 2 is 1.55 bits per heavy atom. The molecule has 1 saturated heterocycles. The highest BCUT2D eigenvalue weighted by molar-refractivity contribution is 7.80. The Balaban J connectivity index is 1.63. The van der Waals surface area contributed by atoms with Gasteiger partial charge in [0.05, 0.1) is 5.69 Å². The van der Waals surface area contributed by atoms with Crippen LogP contribution in [0.3, 0.4) is 0 Å². The number of carbonyl (C=O) groups excluding carboxylic acids is 2. The molecule has 3 N–H and O–H groups in total. The molecule has 4 rings (SSSR count). The Bertz CT molecular complexity index is 1300. The van der Waals surface area contributed by atoms with Crippen LogP contribution in [-0.4, -0.2) is 26.9 Å². The lowest BCUT2D eigenvalue weighted by atomic mass is 10.1. The van der Waals surface area contributed by atoms with Crippen molar-refractivity contribution >= 4 is 40.9 Å². The number of H-pyrrole nitrogens is 2. The van der Waals surface area contributed by atoms with E-state index in [1.165, 1.54) is 0 Å². The third kappa shape index (κ3) is 4.33. The minimum atomic E-state index is -0.760. The molecule has 0 unspecified atom stereocenters.